The number of hydrogen-bond acceptors (Lipinski definition) is 2. The molecule has 3 rings (SSSR count). The highest BCUT2D eigenvalue weighted by molar-refractivity contribution is 6.39. The van der Waals surface area contributed by atoms with E-state index in [-0.39, 0.29) is 5.75 Å². The molecular weight excluding hydrogens is 470 g/mol. The van der Waals surface area contributed by atoms with Crippen molar-refractivity contribution in [1.82, 2.24) is 0 Å². The van der Waals surface area contributed by atoms with Crippen LogP contribution in [0, 0.1) is 0 Å². The Morgan fingerprint density at radius 3 is 2.12 bits per heavy atom. The van der Waals surface area contributed by atoms with Crippen molar-refractivity contribution in [1.29, 1.82) is 0 Å². The van der Waals surface area contributed by atoms with Gasteiger partial charge in [-0.25, -0.2) is 0 Å². The van der Waals surface area contributed by atoms with Crippen molar-refractivity contribution >= 4 is 35.0 Å². The second-order valence-corrected chi connectivity index (χ2v) is 8.34. The van der Waals surface area contributed by atoms with Gasteiger partial charge in [-0.05, 0) is 52.9 Å². The zero-order valence-electron chi connectivity index (χ0n) is 18.1. The molecule has 1 N–H and O–H groups in total. The predicted octanol–water partition coefficient (Wildman–Crippen LogP) is 9.37. The molecule has 33 heavy (non-hydrogen) atoms. The van der Waals surface area contributed by atoms with Gasteiger partial charge >= 0.3 is 6.36 Å². The van der Waals surface area contributed by atoms with Crippen LogP contribution >= 0.6 is 23.2 Å². The van der Waals surface area contributed by atoms with Gasteiger partial charge in [-0.2, -0.15) is 0 Å². The Morgan fingerprint density at radius 2 is 1.55 bits per heavy atom. The van der Waals surface area contributed by atoms with Crippen LogP contribution < -0.4 is 10.1 Å². The number of anilines is 1. The van der Waals surface area contributed by atoms with Crippen molar-refractivity contribution in [3.63, 3.8) is 0 Å². The summed E-state index contributed by atoms with van der Waals surface area (Å²) in [6, 6.07) is 17.2. The lowest BCUT2D eigenvalue weighted by Crippen LogP contribution is -2.16. The second kappa shape index (κ2) is 11.5. The van der Waals surface area contributed by atoms with Crippen LogP contribution in [0.3, 0.4) is 0 Å². The molecule has 7 heteroatoms. The Balaban J connectivity index is 1.65. The van der Waals surface area contributed by atoms with E-state index in [0.717, 1.165) is 17.5 Å². The summed E-state index contributed by atoms with van der Waals surface area (Å²) in [5, 5.41) is 4.10. The van der Waals surface area contributed by atoms with Crippen molar-refractivity contribution in [3.05, 3.63) is 87.9 Å². The molecule has 0 saturated carbocycles. The molecule has 0 aromatic heterocycles. The molecule has 0 bridgehead atoms. The highest BCUT2D eigenvalue weighted by Crippen LogP contribution is 2.36. The number of hydrogen-bond donors (Lipinski definition) is 1. The number of benzene rings is 3. The van der Waals surface area contributed by atoms with Gasteiger partial charge in [0, 0.05) is 6.54 Å². The van der Waals surface area contributed by atoms with Gasteiger partial charge in [0.2, 0.25) is 0 Å². The summed E-state index contributed by atoms with van der Waals surface area (Å²) in [4.78, 5) is 0. The van der Waals surface area contributed by atoms with E-state index in [0.29, 0.717) is 33.4 Å². The fourth-order valence-electron chi connectivity index (χ4n) is 3.24. The van der Waals surface area contributed by atoms with Crippen LogP contribution in [0.4, 0.5) is 18.9 Å². The number of rotatable bonds is 9. The zero-order chi connectivity index (χ0) is 23.8. The van der Waals surface area contributed by atoms with E-state index in [1.165, 1.54) is 37.1 Å². The third-order valence-corrected chi connectivity index (χ3v) is 5.54. The summed E-state index contributed by atoms with van der Waals surface area (Å²) >= 11 is 12.9. The van der Waals surface area contributed by atoms with E-state index in [9.17, 15) is 13.2 Å². The summed E-state index contributed by atoms with van der Waals surface area (Å²) in [5.41, 5.74) is 4.19. The minimum absolute atomic E-state index is 0.288. The SMILES string of the molecule is CCCC/C=C/c1ccc(CNc2c(Cl)cc(-c3ccc(OC(F)(F)F)cc3)cc2Cl)cc1. The molecule has 3 aromatic rings. The van der Waals surface area contributed by atoms with Crippen molar-refractivity contribution in [3.8, 4) is 16.9 Å². The monoisotopic (exact) mass is 493 g/mol. The molecule has 0 aliphatic heterocycles. The first-order valence-corrected chi connectivity index (χ1v) is 11.4. The summed E-state index contributed by atoms with van der Waals surface area (Å²) in [6.07, 6.45) is 3.04. The van der Waals surface area contributed by atoms with E-state index >= 15 is 0 Å². The van der Waals surface area contributed by atoms with Gasteiger partial charge in [0.1, 0.15) is 5.75 Å². The molecule has 0 saturated heterocycles. The molecule has 2 nitrogen and oxygen atoms in total. The van der Waals surface area contributed by atoms with Gasteiger partial charge in [-0.1, -0.05) is 91.5 Å². The van der Waals surface area contributed by atoms with Crippen molar-refractivity contribution in [2.45, 2.75) is 39.1 Å². The molecule has 0 radical (unpaired) electrons. The van der Waals surface area contributed by atoms with Crippen molar-refractivity contribution in [2.75, 3.05) is 5.32 Å². The maximum Gasteiger partial charge on any atom is 0.573 e. The van der Waals surface area contributed by atoms with Crippen LogP contribution in [0.2, 0.25) is 10.0 Å². The third-order valence-electron chi connectivity index (χ3n) is 4.95. The Hall–Kier alpha value is -2.63. The van der Waals surface area contributed by atoms with Crippen molar-refractivity contribution in [2.24, 2.45) is 0 Å². The number of allylic oxidation sites excluding steroid dienone is 1. The molecule has 0 spiro atoms. The predicted molar refractivity (Wildman–Crippen MR) is 131 cm³/mol. The smallest absolute Gasteiger partial charge is 0.406 e. The van der Waals surface area contributed by atoms with Crippen LogP contribution in [0.25, 0.3) is 17.2 Å². The number of unbranched alkanes of at least 4 members (excludes halogenated alkanes) is 2. The summed E-state index contributed by atoms with van der Waals surface area (Å²) < 4.78 is 40.9. The normalized spacial score (nSPS) is 11.7. The fraction of sp³-hybridized carbons (Fsp3) is 0.231. The summed E-state index contributed by atoms with van der Waals surface area (Å²) in [6.45, 7) is 2.72. The molecule has 0 heterocycles. The Bertz CT molecular complexity index is 1060. The maximum atomic E-state index is 12.3. The lowest BCUT2D eigenvalue weighted by atomic mass is 10.0. The van der Waals surface area contributed by atoms with Crippen LogP contribution in [-0.4, -0.2) is 6.36 Å². The van der Waals surface area contributed by atoms with Gasteiger partial charge in [0.05, 0.1) is 15.7 Å². The highest BCUT2D eigenvalue weighted by Gasteiger charge is 2.31. The number of ether oxygens (including phenoxy) is 1. The zero-order valence-corrected chi connectivity index (χ0v) is 19.6. The molecular formula is C26H24Cl2F3NO. The molecule has 0 aliphatic rings. The topological polar surface area (TPSA) is 21.3 Å². The second-order valence-electron chi connectivity index (χ2n) is 7.53. The van der Waals surface area contributed by atoms with Crippen LogP contribution in [0.1, 0.15) is 37.3 Å². The Morgan fingerprint density at radius 1 is 0.909 bits per heavy atom. The number of nitrogens with one attached hydrogen (secondary N) is 1. The molecule has 0 fully saturated rings. The lowest BCUT2D eigenvalue weighted by molar-refractivity contribution is -0.274. The van der Waals surface area contributed by atoms with E-state index in [1.807, 2.05) is 12.1 Å². The van der Waals surface area contributed by atoms with Gasteiger partial charge in [-0.15, -0.1) is 13.2 Å². The first-order valence-electron chi connectivity index (χ1n) is 10.6. The Kier molecular flexibility index (Phi) is 8.70. The minimum atomic E-state index is -4.73. The largest absolute Gasteiger partial charge is 0.573 e. The molecule has 3 aromatic carbocycles. The third kappa shape index (κ3) is 7.72. The van der Waals surface area contributed by atoms with Gasteiger partial charge in [0.15, 0.2) is 0 Å². The van der Waals surface area contributed by atoms with Crippen molar-refractivity contribution < 1.29 is 17.9 Å². The molecule has 0 amide bonds. The van der Waals surface area contributed by atoms with Crippen LogP contribution in [0.15, 0.2) is 66.7 Å². The quantitative estimate of drug-likeness (QED) is 0.299. The summed E-state index contributed by atoms with van der Waals surface area (Å²) in [5.74, 6) is -0.288. The minimum Gasteiger partial charge on any atom is -0.406 e. The fourth-order valence-corrected chi connectivity index (χ4v) is 3.86. The van der Waals surface area contributed by atoms with Crippen LogP contribution in [-0.2, 0) is 6.54 Å². The van der Waals surface area contributed by atoms with E-state index in [2.05, 4.69) is 41.3 Å². The standard InChI is InChI=1S/C26H24Cl2F3NO/c1-2-3-4-5-6-18-7-9-19(10-8-18)17-32-25-23(27)15-21(16-24(25)28)20-11-13-22(14-12-20)33-26(29,30)31/h5-16,32H,2-4,17H2,1H3/b6-5+. The average Bonchev–Trinajstić information content (AvgIpc) is 2.76. The molecule has 0 atom stereocenters. The Labute approximate surface area is 202 Å². The first-order chi connectivity index (χ1) is 15.7. The average molecular weight is 494 g/mol. The summed E-state index contributed by atoms with van der Waals surface area (Å²) in [7, 11) is 0. The number of halogens is 5. The van der Waals surface area contributed by atoms with Gasteiger partial charge in [-0.3, -0.25) is 0 Å². The molecule has 0 aliphatic carbocycles. The van der Waals surface area contributed by atoms with E-state index in [4.69, 9.17) is 23.2 Å². The highest BCUT2D eigenvalue weighted by atomic mass is 35.5. The first kappa shape index (κ1) is 25.0. The maximum absolute atomic E-state index is 12.3. The molecule has 174 valence electrons. The molecule has 0 unspecified atom stereocenters. The van der Waals surface area contributed by atoms with Crippen LogP contribution in [0.5, 0.6) is 5.75 Å². The lowest BCUT2D eigenvalue weighted by Gasteiger charge is -2.14. The number of alkyl halides is 3. The van der Waals surface area contributed by atoms with Gasteiger partial charge in [0.25, 0.3) is 0 Å². The van der Waals surface area contributed by atoms with Gasteiger partial charge < -0.3 is 10.1 Å². The van der Waals surface area contributed by atoms with E-state index < -0.39 is 6.36 Å². The van der Waals surface area contributed by atoms with E-state index in [1.54, 1.807) is 12.1 Å².